The third kappa shape index (κ3) is 2.31. The minimum Gasteiger partial charge on any atom is -0.389 e. The van der Waals surface area contributed by atoms with Gasteiger partial charge < -0.3 is 15.4 Å². The number of nitrogens with two attached hydrogens (primary N) is 1. The molecule has 2 heterocycles. The Morgan fingerprint density at radius 1 is 1.69 bits per heavy atom. The van der Waals surface area contributed by atoms with Gasteiger partial charge in [0.2, 0.25) is 0 Å². The molecule has 0 spiro atoms. The Balaban J connectivity index is 2.15. The molecule has 2 N–H and O–H groups in total. The maximum atomic E-state index is 5.60. The van der Waals surface area contributed by atoms with E-state index in [0.717, 1.165) is 30.9 Å². The average Bonchev–Trinajstić information content (AvgIpc) is 2.77. The van der Waals surface area contributed by atoms with Gasteiger partial charge in [0.1, 0.15) is 10.8 Å². The van der Waals surface area contributed by atoms with Crippen molar-refractivity contribution in [2.24, 2.45) is 5.73 Å². The molecule has 1 fully saturated rings. The predicted molar refractivity (Wildman–Crippen MR) is 67.8 cm³/mol. The van der Waals surface area contributed by atoms with E-state index in [2.05, 4.69) is 9.88 Å². The molecule has 0 aliphatic carbocycles. The monoisotopic (exact) mass is 237 g/mol. The molecular formula is C11H15N3OS. The van der Waals surface area contributed by atoms with Gasteiger partial charge in [0, 0.05) is 32.0 Å². The summed E-state index contributed by atoms with van der Waals surface area (Å²) in [4.78, 5) is 6.93. The van der Waals surface area contributed by atoms with Gasteiger partial charge in [0.15, 0.2) is 0 Å². The molecule has 4 nitrogen and oxygen atoms in total. The molecule has 0 amide bonds. The molecule has 16 heavy (non-hydrogen) atoms. The van der Waals surface area contributed by atoms with E-state index in [1.165, 1.54) is 0 Å². The Bertz CT molecular complexity index is 397. The van der Waals surface area contributed by atoms with Gasteiger partial charge in [-0.25, -0.2) is 4.98 Å². The molecule has 1 aromatic rings. The summed E-state index contributed by atoms with van der Waals surface area (Å²) in [5.41, 5.74) is 6.46. The quantitative estimate of drug-likeness (QED) is 0.793. The summed E-state index contributed by atoms with van der Waals surface area (Å²) in [6.45, 7) is 1.84. The molecule has 0 saturated carbocycles. The van der Waals surface area contributed by atoms with Crippen LogP contribution >= 0.6 is 12.2 Å². The second kappa shape index (κ2) is 4.76. The molecule has 1 atom stereocenters. The molecule has 0 bridgehead atoms. The van der Waals surface area contributed by atoms with Crippen LogP contribution in [0.4, 0.5) is 5.82 Å². The number of nitrogens with zero attached hydrogens (tertiary/aromatic N) is 2. The lowest BCUT2D eigenvalue weighted by atomic mass is 10.2. The van der Waals surface area contributed by atoms with Gasteiger partial charge in [0.05, 0.1) is 6.10 Å². The van der Waals surface area contributed by atoms with Crippen molar-refractivity contribution in [2.45, 2.75) is 12.5 Å². The number of hydrogen-bond acceptors (Lipinski definition) is 4. The molecule has 1 aliphatic heterocycles. The molecular weight excluding hydrogens is 222 g/mol. The van der Waals surface area contributed by atoms with E-state index >= 15 is 0 Å². The SMILES string of the molecule is COC1CCN(c2cc(C(N)=S)ccn2)C1. The highest BCUT2D eigenvalue weighted by molar-refractivity contribution is 7.80. The first kappa shape index (κ1) is 11.3. The van der Waals surface area contributed by atoms with Crippen LogP contribution in [-0.4, -0.2) is 36.3 Å². The topological polar surface area (TPSA) is 51.4 Å². The molecule has 1 unspecified atom stereocenters. The summed E-state index contributed by atoms with van der Waals surface area (Å²) in [7, 11) is 1.74. The van der Waals surface area contributed by atoms with Gasteiger partial charge in [-0.3, -0.25) is 0 Å². The predicted octanol–water partition coefficient (Wildman–Crippen LogP) is 0.941. The van der Waals surface area contributed by atoms with E-state index < -0.39 is 0 Å². The zero-order valence-electron chi connectivity index (χ0n) is 9.22. The molecule has 5 heteroatoms. The molecule has 1 aliphatic rings. The minimum atomic E-state index is 0.301. The molecule has 1 saturated heterocycles. The fourth-order valence-corrected chi connectivity index (χ4v) is 2.00. The van der Waals surface area contributed by atoms with Crippen LogP contribution in [0, 0.1) is 0 Å². The Hall–Kier alpha value is -1.20. The summed E-state index contributed by atoms with van der Waals surface area (Å²) in [6.07, 6.45) is 3.08. The number of methoxy groups -OCH3 is 1. The molecule has 2 rings (SSSR count). The second-order valence-corrected chi connectivity index (χ2v) is 4.30. The summed E-state index contributed by atoms with van der Waals surface area (Å²) < 4.78 is 5.32. The normalized spacial score (nSPS) is 20.1. The van der Waals surface area contributed by atoms with Crippen molar-refractivity contribution < 1.29 is 4.74 Å². The third-order valence-corrected chi connectivity index (χ3v) is 3.07. The molecule has 86 valence electrons. The van der Waals surface area contributed by atoms with Crippen molar-refractivity contribution >= 4 is 23.0 Å². The van der Waals surface area contributed by atoms with Crippen molar-refractivity contribution in [1.82, 2.24) is 4.98 Å². The summed E-state index contributed by atoms with van der Waals surface area (Å²) in [5.74, 6) is 0.921. The van der Waals surface area contributed by atoms with Crippen LogP contribution in [0.1, 0.15) is 12.0 Å². The van der Waals surface area contributed by atoms with Crippen LogP contribution in [0.5, 0.6) is 0 Å². The molecule has 0 aromatic carbocycles. The van der Waals surface area contributed by atoms with Gasteiger partial charge in [-0.1, -0.05) is 12.2 Å². The highest BCUT2D eigenvalue weighted by Crippen LogP contribution is 2.20. The standard InChI is InChI=1S/C11H15N3OS/c1-15-9-3-5-14(7-9)10-6-8(11(12)16)2-4-13-10/h2,4,6,9H,3,5,7H2,1H3,(H2,12,16). The highest BCUT2D eigenvalue weighted by atomic mass is 32.1. The fourth-order valence-electron chi connectivity index (χ4n) is 1.87. The first-order valence-electron chi connectivity index (χ1n) is 5.24. The zero-order valence-corrected chi connectivity index (χ0v) is 10.0. The van der Waals surface area contributed by atoms with Gasteiger partial charge >= 0.3 is 0 Å². The smallest absolute Gasteiger partial charge is 0.129 e. The second-order valence-electron chi connectivity index (χ2n) is 3.86. The number of hydrogen-bond donors (Lipinski definition) is 1. The lowest BCUT2D eigenvalue weighted by Crippen LogP contribution is -2.23. The van der Waals surface area contributed by atoms with E-state index in [0.29, 0.717) is 11.1 Å². The maximum Gasteiger partial charge on any atom is 0.129 e. The summed E-state index contributed by atoms with van der Waals surface area (Å²) in [5, 5.41) is 0. The summed E-state index contributed by atoms with van der Waals surface area (Å²) in [6, 6.07) is 3.76. The van der Waals surface area contributed by atoms with Crippen LogP contribution in [0.15, 0.2) is 18.3 Å². The van der Waals surface area contributed by atoms with Crippen LogP contribution in [0.2, 0.25) is 0 Å². The van der Waals surface area contributed by atoms with E-state index in [9.17, 15) is 0 Å². The van der Waals surface area contributed by atoms with Gasteiger partial charge in [0.25, 0.3) is 0 Å². The van der Waals surface area contributed by atoms with Gasteiger partial charge in [-0.2, -0.15) is 0 Å². The summed E-state index contributed by atoms with van der Waals surface area (Å²) >= 11 is 4.95. The Morgan fingerprint density at radius 3 is 3.12 bits per heavy atom. The maximum absolute atomic E-state index is 5.60. The van der Waals surface area contributed by atoms with E-state index in [1.807, 2.05) is 12.1 Å². The Morgan fingerprint density at radius 2 is 2.50 bits per heavy atom. The zero-order chi connectivity index (χ0) is 11.5. The first-order chi connectivity index (χ1) is 7.70. The van der Waals surface area contributed by atoms with Crippen molar-refractivity contribution in [3.63, 3.8) is 0 Å². The van der Waals surface area contributed by atoms with E-state index in [4.69, 9.17) is 22.7 Å². The minimum absolute atomic E-state index is 0.301. The first-order valence-corrected chi connectivity index (χ1v) is 5.65. The Labute approximate surface area is 100 Å². The van der Waals surface area contributed by atoms with E-state index in [-0.39, 0.29) is 0 Å². The van der Waals surface area contributed by atoms with Crippen molar-refractivity contribution in [1.29, 1.82) is 0 Å². The van der Waals surface area contributed by atoms with Crippen LogP contribution in [-0.2, 0) is 4.74 Å². The number of thiocarbonyl (C=S) groups is 1. The Kier molecular flexibility index (Phi) is 3.36. The fraction of sp³-hybridized carbons (Fsp3) is 0.455. The number of ether oxygens (including phenoxy) is 1. The van der Waals surface area contributed by atoms with Crippen molar-refractivity contribution in [2.75, 3.05) is 25.1 Å². The van der Waals surface area contributed by atoms with Gasteiger partial charge in [-0.15, -0.1) is 0 Å². The number of anilines is 1. The average molecular weight is 237 g/mol. The van der Waals surface area contributed by atoms with Crippen molar-refractivity contribution in [3.05, 3.63) is 23.9 Å². The van der Waals surface area contributed by atoms with Crippen molar-refractivity contribution in [3.8, 4) is 0 Å². The lowest BCUT2D eigenvalue weighted by molar-refractivity contribution is 0.121. The highest BCUT2D eigenvalue weighted by Gasteiger charge is 2.23. The number of aromatic nitrogens is 1. The van der Waals surface area contributed by atoms with Crippen LogP contribution in [0.3, 0.4) is 0 Å². The van der Waals surface area contributed by atoms with Crippen LogP contribution < -0.4 is 10.6 Å². The van der Waals surface area contributed by atoms with Gasteiger partial charge in [-0.05, 0) is 18.6 Å². The molecule has 1 aromatic heterocycles. The number of rotatable bonds is 3. The van der Waals surface area contributed by atoms with E-state index in [1.54, 1.807) is 13.3 Å². The molecule has 0 radical (unpaired) electrons. The van der Waals surface area contributed by atoms with Crippen LogP contribution in [0.25, 0.3) is 0 Å². The third-order valence-electron chi connectivity index (χ3n) is 2.83. The largest absolute Gasteiger partial charge is 0.389 e. The lowest BCUT2D eigenvalue weighted by Gasteiger charge is -2.17. The number of pyridine rings is 1.